The quantitative estimate of drug-likeness (QED) is 0.791. The highest BCUT2D eigenvalue weighted by Crippen LogP contribution is 2.39. The van der Waals surface area contributed by atoms with E-state index in [2.05, 4.69) is 22.1 Å². The van der Waals surface area contributed by atoms with Crippen molar-refractivity contribution >= 4 is 23.2 Å². The Bertz CT molecular complexity index is 591. The molecule has 1 aromatic rings. The molecular weight excluding hydrogens is 290 g/mol. The molecule has 1 aliphatic heterocycles. The normalized spacial score (nSPS) is 22.5. The van der Waals surface area contributed by atoms with E-state index >= 15 is 0 Å². The molecule has 0 spiro atoms. The Hall–Kier alpha value is -2.30. The first-order valence-corrected chi connectivity index (χ1v) is 8.23. The molecule has 2 unspecified atom stereocenters. The predicted octanol–water partition coefficient (Wildman–Crippen LogP) is 2.16. The molecule has 122 valence electrons. The molecule has 5 nitrogen and oxygen atoms in total. The van der Waals surface area contributed by atoms with Crippen LogP contribution in [-0.4, -0.2) is 31.4 Å². The standard InChI is InChI=1S/C18H23N3O2/c1-2-9-19-17(22)15-12-16(15)18(23)20-13-5-7-14(8-6-13)21-10-3-4-11-21/h2,5-8,15-16H,1,3-4,9-12H2,(H,19,22)(H,20,23). The lowest BCUT2D eigenvalue weighted by atomic mass is 10.2. The van der Waals surface area contributed by atoms with Crippen LogP contribution in [0.25, 0.3) is 0 Å². The van der Waals surface area contributed by atoms with E-state index in [0.717, 1.165) is 18.8 Å². The molecule has 23 heavy (non-hydrogen) atoms. The van der Waals surface area contributed by atoms with Crippen LogP contribution in [-0.2, 0) is 9.59 Å². The number of nitrogens with one attached hydrogen (secondary N) is 2. The number of anilines is 2. The molecule has 0 aromatic heterocycles. The van der Waals surface area contributed by atoms with E-state index in [1.54, 1.807) is 6.08 Å². The molecule has 1 saturated heterocycles. The van der Waals surface area contributed by atoms with Gasteiger partial charge in [-0.15, -0.1) is 6.58 Å². The lowest BCUT2D eigenvalue weighted by molar-refractivity contribution is -0.125. The van der Waals surface area contributed by atoms with Crippen LogP contribution in [0, 0.1) is 11.8 Å². The van der Waals surface area contributed by atoms with Crippen LogP contribution in [0.4, 0.5) is 11.4 Å². The van der Waals surface area contributed by atoms with Gasteiger partial charge < -0.3 is 15.5 Å². The maximum atomic E-state index is 12.2. The fourth-order valence-corrected chi connectivity index (χ4v) is 3.04. The third-order valence-electron chi connectivity index (χ3n) is 4.49. The van der Waals surface area contributed by atoms with Gasteiger partial charge in [0.15, 0.2) is 0 Å². The zero-order valence-corrected chi connectivity index (χ0v) is 13.3. The van der Waals surface area contributed by atoms with E-state index in [9.17, 15) is 9.59 Å². The monoisotopic (exact) mass is 313 g/mol. The molecule has 3 rings (SSSR count). The Morgan fingerprint density at radius 1 is 1.13 bits per heavy atom. The minimum atomic E-state index is -0.210. The van der Waals surface area contributed by atoms with E-state index in [1.165, 1.54) is 18.5 Å². The van der Waals surface area contributed by atoms with Crippen LogP contribution in [0.15, 0.2) is 36.9 Å². The fourth-order valence-electron chi connectivity index (χ4n) is 3.04. The fraction of sp³-hybridized carbons (Fsp3) is 0.444. The van der Waals surface area contributed by atoms with Crippen molar-refractivity contribution in [1.82, 2.24) is 5.32 Å². The van der Waals surface area contributed by atoms with Gasteiger partial charge in [0.2, 0.25) is 11.8 Å². The molecule has 1 heterocycles. The van der Waals surface area contributed by atoms with Gasteiger partial charge in [-0.05, 0) is 43.5 Å². The molecule has 1 aliphatic carbocycles. The van der Waals surface area contributed by atoms with Gasteiger partial charge in [0.05, 0.1) is 11.8 Å². The van der Waals surface area contributed by atoms with Gasteiger partial charge in [-0.2, -0.15) is 0 Å². The van der Waals surface area contributed by atoms with Gasteiger partial charge >= 0.3 is 0 Å². The van der Waals surface area contributed by atoms with Crippen LogP contribution >= 0.6 is 0 Å². The van der Waals surface area contributed by atoms with Gasteiger partial charge in [-0.3, -0.25) is 9.59 Å². The Kier molecular flexibility index (Phi) is 4.65. The molecule has 2 aliphatic rings. The van der Waals surface area contributed by atoms with Gasteiger partial charge in [-0.1, -0.05) is 6.08 Å². The average molecular weight is 313 g/mol. The van der Waals surface area contributed by atoms with E-state index in [1.807, 2.05) is 24.3 Å². The minimum Gasteiger partial charge on any atom is -0.372 e. The Labute approximate surface area is 136 Å². The SMILES string of the molecule is C=CCNC(=O)C1CC1C(=O)Nc1ccc(N2CCCC2)cc1. The molecule has 2 fully saturated rings. The summed E-state index contributed by atoms with van der Waals surface area (Å²) in [5, 5.41) is 5.64. The molecule has 2 N–H and O–H groups in total. The first kappa shape index (κ1) is 15.6. The molecular formula is C18H23N3O2. The zero-order chi connectivity index (χ0) is 16.2. The van der Waals surface area contributed by atoms with Crippen molar-refractivity contribution in [3.63, 3.8) is 0 Å². The van der Waals surface area contributed by atoms with Gasteiger partial charge in [0.1, 0.15) is 0 Å². The van der Waals surface area contributed by atoms with Crippen LogP contribution in [0.5, 0.6) is 0 Å². The average Bonchev–Trinajstić information content (AvgIpc) is 3.19. The second-order valence-corrected chi connectivity index (χ2v) is 6.21. The number of hydrogen-bond acceptors (Lipinski definition) is 3. The van der Waals surface area contributed by atoms with Crippen molar-refractivity contribution in [2.45, 2.75) is 19.3 Å². The van der Waals surface area contributed by atoms with Crippen molar-refractivity contribution in [2.75, 3.05) is 29.9 Å². The summed E-state index contributed by atoms with van der Waals surface area (Å²) >= 11 is 0. The second-order valence-electron chi connectivity index (χ2n) is 6.21. The predicted molar refractivity (Wildman–Crippen MR) is 91.3 cm³/mol. The maximum Gasteiger partial charge on any atom is 0.228 e. The Balaban J connectivity index is 1.50. The first-order valence-electron chi connectivity index (χ1n) is 8.23. The summed E-state index contributed by atoms with van der Waals surface area (Å²) < 4.78 is 0. The smallest absolute Gasteiger partial charge is 0.228 e. The zero-order valence-electron chi connectivity index (χ0n) is 13.3. The third-order valence-corrected chi connectivity index (χ3v) is 4.49. The molecule has 2 atom stereocenters. The molecule has 0 radical (unpaired) electrons. The van der Waals surface area contributed by atoms with Crippen LogP contribution in [0.2, 0.25) is 0 Å². The maximum absolute atomic E-state index is 12.2. The van der Waals surface area contributed by atoms with E-state index in [4.69, 9.17) is 0 Å². The molecule has 1 aromatic carbocycles. The summed E-state index contributed by atoms with van der Waals surface area (Å²) in [6.07, 6.45) is 4.75. The first-order chi connectivity index (χ1) is 11.2. The minimum absolute atomic E-state index is 0.0607. The van der Waals surface area contributed by atoms with Crippen molar-refractivity contribution in [3.05, 3.63) is 36.9 Å². The summed E-state index contributed by atoms with van der Waals surface area (Å²) in [5.41, 5.74) is 1.99. The van der Waals surface area contributed by atoms with E-state index < -0.39 is 0 Å². The number of benzene rings is 1. The Morgan fingerprint density at radius 3 is 2.43 bits per heavy atom. The van der Waals surface area contributed by atoms with Crippen LogP contribution < -0.4 is 15.5 Å². The third kappa shape index (κ3) is 3.73. The summed E-state index contributed by atoms with van der Waals surface area (Å²) in [6, 6.07) is 7.95. The Morgan fingerprint density at radius 2 is 1.78 bits per heavy atom. The number of hydrogen-bond donors (Lipinski definition) is 2. The molecule has 0 bridgehead atoms. The highest BCUT2D eigenvalue weighted by atomic mass is 16.2. The van der Waals surface area contributed by atoms with Crippen molar-refractivity contribution in [1.29, 1.82) is 0 Å². The highest BCUT2D eigenvalue weighted by molar-refractivity contribution is 5.99. The lowest BCUT2D eigenvalue weighted by Crippen LogP contribution is -2.27. The highest BCUT2D eigenvalue weighted by Gasteiger charge is 2.47. The number of carbonyl (C=O) groups excluding carboxylic acids is 2. The van der Waals surface area contributed by atoms with E-state index in [0.29, 0.717) is 13.0 Å². The topological polar surface area (TPSA) is 61.4 Å². The molecule has 5 heteroatoms. The summed E-state index contributed by atoms with van der Waals surface area (Å²) in [7, 11) is 0. The van der Waals surface area contributed by atoms with Gasteiger partial charge in [0.25, 0.3) is 0 Å². The van der Waals surface area contributed by atoms with Gasteiger partial charge in [-0.25, -0.2) is 0 Å². The number of carbonyl (C=O) groups is 2. The summed E-state index contributed by atoms with van der Waals surface area (Å²) in [5.74, 6) is -0.538. The number of amides is 2. The summed E-state index contributed by atoms with van der Waals surface area (Å²) in [4.78, 5) is 26.3. The van der Waals surface area contributed by atoms with Crippen molar-refractivity contribution < 1.29 is 9.59 Å². The van der Waals surface area contributed by atoms with E-state index in [-0.39, 0.29) is 23.7 Å². The number of rotatable bonds is 6. The number of nitrogens with zero attached hydrogens (tertiary/aromatic N) is 1. The van der Waals surface area contributed by atoms with Crippen LogP contribution in [0.1, 0.15) is 19.3 Å². The van der Waals surface area contributed by atoms with Gasteiger partial charge in [0, 0.05) is 31.0 Å². The van der Waals surface area contributed by atoms with Crippen molar-refractivity contribution in [2.24, 2.45) is 11.8 Å². The van der Waals surface area contributed by atoms with Crippen LogP contribution in [0.3, 0.4) is 0 Å². The largest absolute Gasteiger partial charge is 0.372 e. The van der Waals surface area contributed by atoms with Crippen molar-refractivity contribution in [3.8, 4) is 0 Å². The second kappa shape index (κ2) is 6.86. The lowest BCUT2D eigenvalue weighted by Gasteiger charge is -2.17. The molecule has 1 saturated carbocycles. The summed E-state index contributed by atoms with van der Waals surface area (Å²) in [6.45, 7) is 6.22. The molecule has 2 amide bonds.